The van der Waals surface area contributed by atoms with E-state index in [1.54, 1.807) is 24.3 Å². The first kappa shape index (κ1) is 23.7. The van der Waals surface area contributed by atoms with Gasteiger partial charge in [0.05, 0.1) is 19.9 Å². The Bertz CT molecular complexity index is 995. The van der Waals surface area contributed by atoms with E-state index in [1.807, 2.05) is 6.07 Å². The molecule has 35 heavy (non-hydrogen) atoms. The highest BCUT2D eigenvalue weighted by Gasteiger charge is 2.48. The van der Waals surface area contributed by atoms with Crippen LogP contribution in [0.25, 0.3) is 0 Å². The summed E-state index contributed by atoms with van der Waals surface area (Å²) in [5.41, 5.74) is 0.725. The van der Waals surface area contributed by atoms with Gasteiger partial charge in [-0.05, 0) is 63.1 Å². The molecule has 1 amide bonds. The fraction of sp³-hybridized carbons (Fsp3) is 0.556. The lowest BCUT2D eigenvalue weighted by Gasteiger charge is -2.38. The van der Waals surface area contributed by atoms with Crippen LogP contribution in [0.4, 0.5) is 16.3 Å². The highest BCUT2D eigenvalue weighted by molar-refractivity contribution is 5.89. The Kier molecular flexibility index (Phi) is 6.73. The Morgan fingerprint density at radius 3 is 2.29 bits per heavy atom. The van der Waals surface area contributed by atoms with Crippen LogP contribution < -0.4 is 19.3 Å². The zero-order valence-corrected chi connectivity index (χ0v) is 21.0. The average molecular weight is 481 g/mol. The van der Waals surface area contributed by atoms with E-state index in [0.29, 0.717) is 30.3 Å². The molecule has 1 aromatic carbocycles. The monoisotopic (exact) mass is 480 g/mol. The molecule has 0 aliphatic carbocycles. The highest BCUT2D eigenvalue weighted by atomic mass is 16.6. The van der Waals surface area contributed by atoms with Gasteiger partial charge in [0, 0.05) is 50.7 Å². The summed E-state index contributed by atoms with van der Waals surface area (Å²) in [5, 5.41) is 0. The Morgan fingerprint density at radius 1 is 1.00 bits per heavy atom. The summed E-state index contributed by atoms with van der Waals surface area (Å²) in [5.74, 6) is 2.20. The third-order valence-electron chi connectivity index (χ3n) is 7.59. The molecule has 3 aliphatic rings. The number of piperidine rings is 2. The number of aromatic nitrogens is 1. The molecule has 0 atom stereocenters. The number of methoxy groups -OCH3 is 1. The van der Waals surface area contributed by atoms with Gasteiger partial charge in [0.25, 0.3) is 0 Å². The van der Waals surface area contributed by atoms with Crippen LogP contribution in [0.5, 0.6) is 11.5 Å². The van der Waals surface area contributed by atoms with E-state index < -0.39 is 5.60 Å². The third-order valence-corrected chi connectivity index (χ3v) is 7.59. The van der Waals surface area contributed by atoms with Crippen molar-refractivity contribution in [2.75, 3.05) is 49.6 Å². The number of likely N-dealkylation sites (tertiary alicyclic amines) is 1. The van der Waals surface area contributed by atoms with Crippen molar-refractivity contribution in [3.63, 3.8) is 0 Å². The van der Waals surface area contributed by atoms with Crippen LogP contribution in [0.1, 0.15) is 39.5 Å². The van der Waals surface area contributed by atoms with Crippen molar-refractivity contribution >= 4 is 17.6 Å². The Labute approximate surface area is 207 Å². The molecule has 0 radical (unpaired) electrons. The van der Waals surface area contributed by atoms with Gasteiger partial charge >= 0.3 is 6.09 Å². The fourth-order valence-electron chi connectivity index (χ4n) is 5.32. The Morgan fingerprint density at radius 2 is 1.69 bits per heavy atom. The molecule has 8 heteroatoms. The predicted molar refractivity (Wildman–Crippen MR) is 136 cm³/mol. The van der Waals surface area contributed by atoms with E-state index >= 15 is 0 Å². The van der Waals surface area contributed by atoms with E-state index in [9.17, 15) is 4.79 Å². The summed E-state index contributed by atoms with van der Waals surface area (Å²) in [4.78, 5) is 23.5. The van der Waals surface area contributed by atoms with Crippen molar-refractivity contribution < 1.29 is 19.0 Å². The van der Waals surface area contributed by atoms with E-state index in [2.05, 4.69) is 52.9 Å². The molecule has 1 spiro atoms. The second-order valence-corrected chi connectivity index (χ2v) is 10.1. The van der Waals surface area contributed by atoms with Gasteiger partial charge in [0.15, 0.2) is 0 Å². The van der Waals surface area contributed by atoms with Gasteiger partial charge in [0.2, 0.25) is 0 Å². The number of rotatable bonds is 6. The van der Waals surface area contributed by atoms with Gasteiger partial charge in [-0.15, -0.1) is 0 Å². The molecule has 0 N–H and O–H groups in total. The fourth-order valence-corrected chi connectivity index (χ4v) is 5.32. The number of carbonyl (C=O) groups is 1. The summed E-state index contributed by atoms with van der Waals surface area (Å²) >= 11 is 0. The molecule has 5 rings (SSSR count). The maximum Gasteiger partial charge on any atom is 0.416 e. The van der Waals surface area contributed by atoms with Crippen LogP contribution in [0, 0.1) is 0 Å². The minimum atomic E-state index is -0.455. The van der Waals surface area contributed by atoms with E-state index in [1.165, 1.54) is 5.69 Å². The lowest BCUT2D eigenvalue weighted by Crippen LogP contribution is -2.47. The standard InChI is InChI=1S/C27H36N4O4/c1-20(2)29-14-10-23(11-15-29)34-22-6-4-21(5-7-22)30-16-12-27(13-17-30)19-31(26(32)35-27)25-9-8-24(33-3)18-28-25/h4-9,18,20,23H,10-17,19H2,1-3H3. The number of amides is 1. The molecule has 3 aliphatic heterocycles. The van der Waals surface area contributed by atoms with Crippen LogP contribution in [-0.4, -0.2) is 73.6 Å². The second kappa shape index (κ2) is 9.93. The van der Waals surface area contributed by atoms with Gasteiger partial charge in [-0.2, -0.15) is 0 Å². The molecular weight excluding hydrogens is 444 g/mol. The maximum atomic E-state index is 12.6. The molecule has 1 aromatic heterocycles. The lowest BCUT2D eigenvalue weighted by atomic mass is 9.91. The van der Waals surface area contributed by atoms with Crippen molar-refractivity contribution in [1.82, 2.24) is 9.88 Å². The SMILES string of the molecule is COc1ccc(N2CC3(CCN(c4ccc(OC5CCN(C(C)C)CC5)cc4)CC3)OC2=O)nc1. The van der Waals surface area contributed by atoms with E-state index in [0.717, 1.165) is 57.6 Å². The molecule has 0 unspecified atom stereocenters. The first-order valence-corrected chi connectivity index (χ1v) is 12.7. The molecular formula is C27H36N4O4. The van der Waals surface area contributed by atoms with E-state index in [4.69, 9.17) is 14.2 Å². The van der Waals surface area contributed by atoms with Gasteiger partial charge in [0.1, 0.15) is 29.0 Å². The van der Waals surface area contributed by atoms with Gasteiger partial charge < -0.3 is 24.0 Å². The zero-order valence-electron chi connectivity index (χ0n) is 21.0. The number of carbonyl (C=O) groups excluding carboxylic acids is 1. The summed E-state index contributed by atoms with van der Waals surface area (Å²) in [6, 6.07) is 12.7. The lowest BCUT2D eigenvalue weighted by molar-refractivity contribution is 0.0367. The normalized spacial score (nSPS) is 21.0. The Hall–Kier alpha value is -3.00. The van der Waals surface area contributed by atoms with Crippen molar-refractivity contribution in [1.29, 1.82) is 0 Å². The molecule has 188 valence electrons. The minimum Gasteiger partial charge on any atom is -0.495 e. The van der Waals surface area contributed by atoms with E-state index in [-0.39, 0.29) is 6.09 Å². The number of hydrogen-bond acceptors (Lipinski definition) is 7. The number of pyridine rings is 1. The quantitative estimate of drug-likeness (QED) is 0.609. The number of benzene rings is 1. The summed E-state index contributed by atoms with van der Waals surface area (Å²) < 4.78 is 17.3. The zero-order chi connectivity index (χ0) is 24.4. The van der Waals surface area contributed by atoms with Crippen LogP contribution in [-0.2, 0) is 4.74 Å². The molecule has 4 heterocycles. The molecule has 0 bridgehead atoms. The number of ether oxygens (including phenoxy) is 3. The van der Waals surface area contributed by atoms with Crippen molar-refractivity contribution in [2.45, 2.75) is 57.3 Å². The molecule has 3 fully saturated rings. The number of hydrogen-bond donors (Lipinski definition) is 0. The molecule has 0 saturated carbocycles. The van der Waals surface area contributed by atoms with Gasteiger partial charge in [-0.25, -0.2) is 9.78 Å². The second-order valence-electron chi connectivity index (χ2n) is 10.1. The molecule has 2 aromatic rings. The number of anilines is 2. The van der Waals surface area contributed by atoms with Crippen LogP contribution in [0.3, 0.4) is 0 Å². The molecule has 8 nitrogen and oxygen atoms in total. The highest BCUT2D eigenvalue weighted by Crippen LogP contribution is 2.37. The maximum absolute atomic E-state index is 12.6. The van der Waals surface area contributed by atoms with Crippen molar-refractivity contribution in [3.05, 3.63) is 42.6 Å². The first-order chi connectivity index (χ1) is 16.9. The van der Waals surface area contributed by atoms with Gasteiger partial charge in [-0.3, -0.25) is 4.90 Å². The minimum absolute atomic E-state index is 0.297. The van der Waals surface area contributed by atoms with Gasteiger partial charge in [-0.1, -0.05) is 0 Å². The van der Waals surface area contributed by atoms with Crippen molar-refractivity contribution in [3.8, 4) is 11.5 Å². The first-order valence-electron chi connectivity index (χ1n) is 12.7. The average Bonchev–Trinajstić information content (AvgIpc) is 3.20. The largest absolute Gasteiger partial charge is 0.495 e. The molecule has 3 saturated heterocycles. The summed E-state index contributed by atoms with van der Waals surface area (Å²) in [6.45, 7) is 8.93. The topological polar surface area (TPSA) is 67.4 Å². The predicted octanol–water partition coefficient (Wildman–Crippen LogP) is 4.34. The van der Waals surface area contributed by atoms with Crippen LogP contribution in [0.15, 0.2) is 42.6 Å². The van der Waals surface area contributed by atoms with Crippen LogP contribution >= 0.6 is 0 Å². The third kappa shape index (κ3) is 5.17. The Balaban J connectivity index is 1.14. The van der Waals surface area contributed by atoms with Crippen molar-refractivity contribution in [2.24, 2.45) is 0 Å². The van der Waals surface area contributed by atoms with Crippen LogP contribution in [0.2, 0.25) is 0 Å². The summed E-state index contributed by atoms with van der Waals surface area (Å²) in [7, 11) is 1.60. The summed E-state index contributed by atoms with van der Waals surface area (Å²) in [6.07, 6.45) is 5.34. The smallest absolute Gasteiger partial charge is 0.416 e. The number of nitrogens with zero attached hydrogens (tertiary/aromatic N) is 4.